The van der Waals surface area contributed by atoms with E-state index in [1.165, 1.54) is 5.56 Å². The van der Waals surface area contributed by atoms with E-state index in [0.717, 1.165) is 12.3 Å². The minimum Gasteiger partial charge on any atom is -0.483 e. The Morgan fingerprint density at radius 3 is 3.26 bits per heavy atom. The fourth-order valence-electron chi connectivity index (χ4n) is 2.23. The van der Waals surface area contributed by atoms with Crippen molar-refractivity contribution in [3.05, 3.63) is 36.4 Å². The SMILES string of the molecule is Cn1ccc(CN[C@H]2COC[C@H]2Oc2cn[nH]c2)c1. The predicted molar refractivity (Wildman–Crippen MR) is 69.9 cm³/mol. The minimum atomic E-state index is 0.0290. The molecule has 1 aliphatic rings. The van der Waals surface area contributed by atoms with Gasteiger partial charge in [-0.2, -0.15) is 5.10 Å². The lowest BCUT2D eigenvalue weighted by Gasteiger charge is -2.19. The van der Waals surface area contributed by atoms with Gasteiger partial charge in [-0.15, -0.1) is 0 Å². The Balaban J connectivity index is 1.54. The lowest BCUT2D eigenvalue weighted by atomic mass is 10.2. The maximum Gasteiger partial charge on any atom is 0.157 e. The molecule has 2 aromatic heterocycles. The van der Waals surface area contributed by atoms with Crippen LogP contribution in [0.3, 0.4) is 0 Å². The number of nitrogens with one attached hydrogen (secondary N) is 2. The normalized spacial score (nSPS) is 22.8. The van der Waals surface area contributed by atoms with Crippen LogP contribution in [0.15, 0.2) is 30.9 Å². The van der Waals surface area contributed by atoms with Crippen LogP contribution in [0.2, 0.25) is 0 Å². The number of aromatic amines is 1. The monoisotopic (exact) mass is 262 g/mol. The molecule has 6 nitrogen and oxygen atoms in total. The zero-order chi connectivity index (χ0) is 13.1. The molecule has 1 aliphatic heterocycles. The van der Waals surface area contributed by atoms with Crippen LogP contribution in [0.4, 0.5) is 0 Å². The Morgan fingerprint density at radius 1 is 1.58 bits per heavy atom. The lowest BCUT2D eigenvalue weighted by Crippen LogP contribution is -2.41. The van der Waals surface area contributed by atoms with Gasteiger partial charge >= 0.3 is 0 Å². The standard InChI is InChI=1S/C13H18N4O2/c1-17-3-2-10(7-17)4-14-12-8-18-9-13(12)19-11-5-15-16-6-11/h2-3,5-7,12-14H,4,8-9H2,1H3,(H,15,16)/t12-,13+/m0/s1. The van der Waals surface area contributed by atoms with E-state index in [-0.39, 0.29) is 12.1 Å². The minimum absolute atomic E-state index is 0.0290. The van der Waals surface area contributed by atoms with Crippen molar-refractivity contribution in [2.24, 2.45) is 7.05 Å². The van der Waals surface area contributed by atoms with Gasteiger partial charge in [0, 0.05) is 26.0 Å². The third-order valence-electron chi connectivity index (χ3n) is 3.25. The van der Waals surface area contributed by atoms with Crippen molar-refractivity contribution in [2.45, 2.75) is 18.7 Å². The molecule has 0 radical (unpaired) electrons. The van der Waals surface area contributed by atoms with Crippen LogP contribution in [-0.4, -0.2) is 40.1 Å². The molecule has 102 valence electrons. The van der Waals surface area contributed by atoms with Crippen LogP contribution in [0, 0.1) is 0 Å². The molecule has 1 saturated heterocycles. The smallest absolute Gasteiger partial charge is 0.157 e. The van der Waals surface area contributed by atoms with Crippen LogP contribution >= 0.6 is 0 Å². The average Bonchev–Trinajstić information content (AvgIpc) is 3.10. The molecule has 6 heteroatoms. The molecule has 3 rings (SSSR count). The fourth-order valence-corrected chi connectivity index (χ4v) is 2.23. The number of rotatable bonds is 5. The van der Waals surface area contributed by atoms with E-state index >= 15 is 0 Å². The van der Waals surface area contributed by atoms with Crippen LogP contribution in [0.1, 0.15) is 5.56 Å². The van der Waals surface area contributed by atoms with Crippen molar-refractivity contribution in [2.75, 3.05) is 13.2 Å². The van der Waals surface area contributed by atoms with E-state index in [1.54, 1.807) is 12.4 Å². The molecular formula is C13H18N4O2. The number of hydrogen-bond donors (Lipinski definition) is 2. The molecule has 2 atom stereocenters. The highest BCUT2D eigenvalue weighted by Crippen LogP contribution is 2.15. The zero-order valence-corrected chi connectivity index (χ0v) is 10.9. The molecule has 0 spiro atoms. The van der Waals surface area contributed by atoms with E-state index in [2.05, 4.69) is 27.8 Å². The van der Waals surface area contributed by atoms with E-state index in [1.807, 2.05) is 17.8 Å². The maximum atomic E-state index is 5.84. The van der Waals surface area contributed by atoms with Gasteiger partial charge in [0.25, 0.3) is 0 Å². The predicted octanol–water partition coefficient (Wildman–Crippen LogP) is 0.684. The highest BCUT2D eigenvalue weighted by atomic mass is 16.5. The molecule has 1 fully saturated rings. The summed E-state index contributed by atoms with van der Waals surface area (Å²) in [6.07, 6.45) is 7.59. The van der Waals surface area contributed by atoms with Gasteiger partial charge in [0.1, 0.15) is 6.10 Å². The molecule has 2 aromatic rings. The maximum absolute atomic E-state index is 5.84. The van der Waals surface area contributed by atoms with Gasteiger partial charge in [0.2, 0.25) is 0 Å². The lowest BCUT2D eigenvalue weighted by molar-refractivity contribution is 0.139. The van der Waals surface area contributed by atoms with Gasteiger partial charge in [-0.05, 0) is 11.6 Å². The summed E-state index contributed by atoms with van der Waals surface area (Å²) < 4.78 is 13.4. The largest absolute Gasteiger partial charge is 0.483 e. The molecule has 0 bridgehead atoms. The highest BCUT2D eigenvalue weighted by molar-refractivity contribution is 5.12. The molecule has 19 heavy (non-hydrogen) atoms. The topological polar surface area (TPSA) is 64.1 Å². The van der Waals surface area contributed by atoms with E-state index in [0.29, 0.717) is 13.2 Å². The second-order valence-corrected chi connectivity index (χ2v) is 4.80. The van der Waals surface area contributed by atoms with Crippen molar-refractivity contribution < 1.29 is 9.47 Å². The van der Waals surface area contributed by atoms with Gasteiger partial charge in [0.15, 0.2) is 5.75 Å². The Morgan fingerprint density at radius 2 is 2.53 bits per heavy atom. The summed E-state index contributed by atoms with van der Waals surface area (Å²) in [5, 5.41) is 10.1. The summed E-state index contributed by atoms with van der Waals surface area (Å²) in [5.41, 5.74) is 1.26. The molecule has 0 aliphatic carbocycles. The summed E-state index contributed by atoms with van der Waals surface area (Å²) in [6, 6.07) is 2.31. The summed E-state index contributed by atoms with van der Waals surface area (Å²) in [5.74, 6) is 0.752. The van der Waals surface area contributed by atoms with Crippen molar-refractivity contribution in [1.29, 1.82) is 0 Å². The van der Waals surface area contributed by atoms with Crippen molar-refractivity contribution in [3.63, 3.8) is 0 Å². The quantitative estimate of drug-likeness (QED) is 0.832. The highest BCUT2D eigenvalue weighted by Gasteiger charge is 2.29. The molecule has 0 amide bonds. The average molecular weight is 262 g/mol. The van der Waals surface area contributed by atoms with Gasteiger partial charge in [-0.1, -0.05) is 0 Å². The number of aromatic nitrogens is 3. The Hall–Kier alpha value is -1.79. The second-order valence-electron chi connectivity index (χ2n) is 4.80. The van der Waals surface area contributed by atoms with E-state index in [4.69, 9.17) is 9.47 Å². The van der Waals surface area contributed by atoms with Gasteiger partial charge in [0.05, 0.1) is 31.6 Å². The first-order chi connectivity index (χ1) is 9.31. The fraction of sp³-hybridized carbons (Fsp3) is 0.462. The summed E-state index contributed by atoms with van der Waals surface area (Å²) in [7, 11) is 2.02. The van der Waals surface area contributed by atoms with E-state index in [9.17, 15) is 0 Å². The van der Waals surface area contributed by atoms with Crippen molar-refractivity contribution in [3.8, 4) is 5.75 Å². The third-order valence-corrected chi connectivity index (χ3v) is 3.25. The summed E-state index contributed by atoms with van der Waals surface area (Å²) in [4.78, 5) is 0. The Labute approximate surface area is 111 Å². The summed E-state index contributed by atoms with van der Waals surface area (Å²) >= 11 is 0. The van der Waals surface area contributed by atoms with Gasteiger partial charge < -0.3 is 19.4 Å². The van der Waals surface area contributed by atoms with Crippen molar-refractivity contribution >= 4 is 0 Å². The van der Waals surface area contributed by atoms with Crippen LogP contribution in [-0.2, 0) is 18.3 Å². The second kappa shape index (κ2) is 5.46. The first-order valence-electron chi connectivity index (χ1n) is 6.38. The molecular weight excluding hydrogens is 244 g/mol. The number of H-pyrrole nitrogens is 1. The third kappa shape index (κ3) is 2.97. The number of hydrogen-bond acceptors (Lipinski definition) is 4. The van der Waals surface area contributed by atoms with Gasteiger partial charge in [-0.25, -0.2) is 0 Å². The Bertz CT molecular complexity index is 508. The first-order valence-corrected chi connectivity index (χ1v) is 6.38. The number of nitrogens with zero attached hydrogens (tertiary/aromatic N) is 2. The molecule has 0 saturated carbocycles. The van der Waals surface area contributed by atoms with Crippen LogP contribution in [0.25, 0.3) is 0 Å². The van der Waals surface area contributed by atoms with Crippen LogP contribution < -0.4 is 10.1 Å². The van der Waals surface area contributed by atoms with Gasteiger partial charge in [-0.3, -0.25) is 5.10 Å². The van der Waals surface area contributed by atoms with Crippen LogP contribution in [0.5, 0.6) is 5.75 Å². The molecule has 3 heterocycles. The molecule has 2 N–H and O–H groups in total. The number of aryl methyl sites for hydroxylation is 1. The summed E-state index contributed by atoms with van der Waals surface area (Å²) in [6.45, 7) is 2.10. The van der Waals surface area contributed by atoms with E-state index < -0.39 is 0 Å². The Kier molecular flexibility index (Phi) is 3.52. The zero-order valence-electron chi connectivity index (χ0n) is 10.9. The first kappa shape index (κ1) is 12.3. The number of ether oxygens (including phenoxy) is 2. The molecule has 0 unspecified atom stereocenters. The molecule has 0 aromatic carbocycles. The van der Waals surface area contributed by atoms with Crippen molar-refractivity contribution in [1.82, 2.24) is 20.1 Å².